The van der Waals surface area contributed by atoms with Crippen LogP contribution in [0.4, 0.5) is 0 Å². The van der Waals surface area contributed by atoms with Crippen LogP contribution in [0.3, 0.4) is 0 Å². The number of esters is 2. The van der Waals surface area contributed by atoms with Crippen LogP contribution in [0.2, 0.25) is 0 Å². The zero-order chi connectivity index (χ0) is 33.1. The first-order chi connectivity index (χ1) is 21.3. The summed E-state index contributed by atoms with van der Waals surface area (Å²) in [6.07, 6.45) is 2.72. The SMILES string of the molecule is CN(C)C(=O)C=Cc1ccccc1C(=O)OC1CC(C(=O)NCCC(=O)NC(CO)CCC(=O)OC(C)(C)C)=CC2OCOC21. The Morgan fingerprint density at radius 3 is 2.53 bits per heavy atom. The van der Waals surface area contributed by atoms with Gasteiger partial charge in [0.15, 0.2) is 0 Å². The lowest BCUT2D eigenvalue weighted by Gasteiger charge is -2.30. The second-order valence-electron chi connectivity index (χ2n) is 12.0. The van der Waals surface area contributed by atoms with Crippen molar-refractivity contribution in [2.45, 2.75) is 76.4 Å². The summed E-state index contributed by atoms with van der Waals surface area (Å²) < 4.78 is 22.3. The van der Waals surface area contributed by atoms with Crippen LogP contribution in [-0.2, 0) is 38.1 Å². The fourth-order valence-electron chi connectivity index (χ4n) is 4.66. The number of nitrogens with zero attached hydrogens (tertiary/aromatic N) is 1. The molecule has 13 nitrogen and oxygen atoms in total. The molecule has 45 heavy (non-hydrogen) atoms. The molecule has 1 aromatic rings. The van der Waals surface area contributed by atoms with Crippen molar-refractivity contribution in [1.82, 2.24) is 15.5 Å². The summed E-state index contributed by atoms with van der Waals surface area (Å²) in [6, 6.07) is 6.05. The standard InChI is InChI=1S/C32H43N3O10/c1-32(2,3)45-28(39)13-11-22(18-36)34-26(37)14-15-33-30(40)21-16-24-29(43-19-42-24)25(17-21)44-31(41)23-9-7-6-8-20(23)10-12-27(38)35(4)5/h6-10,12,16,22,24-25,29,36H,11,13-15,17-19H2,1-5H3,(H,33,40)(H,34,37). The minimum absolute atomic E-state index is 0.00745. The molecule has 1 heterocycles. The third kappa shape index (κ3) is 11.1. The van der Waals surface area contributed by atoms with Crippen LogP contribution in [0.5, 0.6) is 0 Å². The molecule has 1 aliphatic carbocycles. The average Bonchev–Trinajstić information content (AvgIpc) is 3.46. The number of hydrogen-bond acceptors (Lipinski definition) is 10. The Balaban J connectivity index is 1.54. The number of carbonyl (C=O) groups is 5. The Hall–Kier alpha value is -4.07. The lowest BCUT2D eigenvalue weighted by molar-refractivity contribution is -0.155. The normalized spacial score (nSPS) is 20.0. The molecule has 1 aliphatic heterocycles. The zero-order valence-corrected chi connectivity index (χ0v) is 26.4. The van der Waals surface area contributed by atoms with Gasteiger partial charge in [-0.1, -0.05) is 18.2 Å². The smallest absolute Gasteiger partial charge is 0.339 e. The molecule has 0 bridgehead atoms. The third-order valence-corrected chi connectivity index (χ3v) is 6.91. The van der Waals surface area contributed by atoms with E-state index in [0.29, 0.717) is 11.1 Å². The maximum absolute atomic E-state index is 13.2. The summed E-state index contributed by atoms with van der Waals surface area (Å²) in [5, 5.41) is 15.0. The molecule has 2 aliphatic rings. The molecule has 0 radical (unpaired) electrons. The van der Waals surface area contributed by atoms with E-state index >= 15 is 0 Å². The van der Waals surface area contributed by atoms with Crippen molar-refractivity contribution in [1.29, 1.82) is 0 Å². The summed E-state index contributed by atoms with van der Waals surface area (Å²) in [5.41, 5.74) is 0.427. The Morgan fingerprint density at radius 2 is 1.84 bits per heavy atom. The predicted octanol–water partition coefficient (Wildman–Crippen LogP) is 1.49. The lowest BCUT2D eigenvalue weighted by Crippen LogP contribution is -2.44. The minimum atomic E-state index is -0.824. The molecule has 1 aromatic carbocycles. The molecule has 3 rings (SSSR count). The number of nitrogens with one attached hydrogen (secondary N) is 2. The number of aliphatic hydroxyl groups excluding tert-OH is 1. The second-order valence-corrected chi connectivity index (χ2v) is 12.0. The molecule has 0 spiro atoms. The van der Waals surface area contributed by atoms with Crippen LogP contribution in [-0.4, -0.2) is 104 Å². The number of aliphatic hydroxyl groups is 1. The largest absolute Gasteiger partial charge is 0.460 e. The maximum atomic E-state index is 13.2. The highest BCUT2D eigenvalue weighted by Crippen LogP contribution is 2.31. The van der Waals surface area contributed by atoms with Gasteiger partial charge in [-0.3, -0.25) is 19.2 Å². The van der Waals surface area contributed by atoms with Gasteiger partial charge in [0, 0.05) is 51.6 Å². The summed E-state index contributed by atoms with van der Waals surface area (Å²) in [4.78, 5) is 64.0. The van der Waals surface area contributed by atoms with E-state index in [1.54, 1.807) is 65.2 Å². The molecule has 1 saturated heterocycles. The first-order valence-electron chi connectivity index (χ1n) is 14.8. The molecule has 0 saturated carbocycles. The molecular weight excluding hydrogens is 586 g/mol. The molecule has 3 N–H and O–H groups in total. The van der Waals surface area contributed by atoms with Crippen molar-refractivity contribution < 1.29 is 48.0 Å². The minimum Gasteiger partial charge on any atom is -0.460 e. The lowest BCUT2D eigenvalue weighted by atomic mass is 9.91. The van der Waals surface area contributed by atoms with Crippen LogP contribution in [0, 0.1) is 0 Å². The van der Waals surface area contributed by atoms with Crippen molar-refractivity contribution in [2.24, 2.45) is 0 Å². The van der Waals surface area contributed by atoms with E-state index in [4.69, 9.17) is 18.9 Å². The van der Waals surface area contributed by atoms with Crippen molar-refractivity contribution in [3.8, 4) is 0 Å². The molecule has 4 unspecified atom stereocenters. The van der Waals surface area contributed by atoms with Gasteiger partial charge in [0.25, 0.3) is 0 Å². The number of carbonyl (C=O) groups excluding carboxylic acids is 5. The van der Waals surface area contributed by atoms with Gasteiger partial charge < -0.3 is 39.6 Å². The van der Waals surface area contributed by atoms with Crippen LogP contribution >= 0.6 is 0 Å². The molecule has 0 aromatic heterocycles. The molecule has 4 atom stereocenters. The maximum Gasteiger partial charge on any atom is 0.339 e. The van der Waals surface area contributed by atoms with E-state index in [1.165, 1.54) is 17.1 Å². The van der Waals surface area contributed by atoms with Crippen LogP contribution < -0.4 is 10.6 Å². The summed E-state index contributed by atoms with van der Waals surface area (Å²) in [5.74, 6) is -2.17. The highest BCUT2D eigenvalue weighted by Gasteiger charge is 2.42. The Kier molecular flexibility index (Phi) is 12.8. The van der Waals surface area contributed by atoms with Gasteiger partial charge in [-0.15, -0.1) is 0 Å². The molecule has 246 valence electrons. The van der Waals surface area contributed by atoms with Crippen LogP contribution in [0.25, 0.3) is 6.08 Å². The van der Waals surface area contributed by atoms with Gasteiger partial charge >= 0.3 is 11.9 Å². The van der Waals surface area contributed by atoms with Gasteiger partial charge in [0.2, 0.25) is 17.7 Å². The van der Waals surface area contributed by atoms with Crippen molar-refractivity contribution in [2.75, 3.05) is 34.0 Å². The third-order valence-electron chi connectivity index (χ3n) is 6.91. The number of likely N-dealkylation sites (N-methyl/N-ethyl adjacent to an activating group) is 1. The van der Waals surface area contributed by atoms with E-state index in [2.05, 4.69) is 10.6 Å². The monoisotopic (exact) mass is 629 g/mol. The average molecular weight is 630 g/mol. The van der Waals surface area contributed by atoms with Gasteiger partial charge in [-0.05, 0) is 51.0 Å². The summed E-state index contributed by atoms with van der Waals surface area (Å²) >= 11 is 0. The zero-order valence-electron chi connectivity index (χ0n) is 26.4. The second kappa shape index (κ2) is 16.3. The van der Waals surface area contributed by atoms with Crippen molar-refractivity contribution in [3.05, 3.63) is 53.1 Å². The topological polar surface area (TPSA) is 170 Å². The van der Waals surface area contributed by atoms with Crippen molar-refractivity contribution >= 4 is 35.7 Å². The number of rotatable bonds is 13. The highest BCUT2D eigenvalue weighted by atomic mass is 16.7. The quantitative estimate of drug-likeness (QED) is 0.215. The first-order valence-corrected chi connectivity index (χ1v) is 14.8. The van der Waals surface area contributed by atoms with Gasteiger partial charge in [-0.2, -0.15) is 0 Å². The molecular formula is C32H43N3O10. The van der Waals surface area contributed by atoms with E-state index in [-0.39, 0.29) is 57.1 Å². The number of amides is 3. The number of hydrogen-bond donors (Lipinski definition) is 3. The van der Waals surface area contributed by atoms with Crippen molar-refractivity contribution in [3.63, 3.8) is 0 Å². The van der Waals surface area contributed by atoms with Gasteiger partial charge in [0.05, 0.1) is 18.2 Å². The Morgan fingerprint density at radius 1 is 1.11 bits per heavy atom. The van der Waals surface area contributed by atoms with Crippen LogP contribution in [0.1, 0.15) is 62.4 Å². The fourth-order valence-corrected chi connectivity index (χ4v) is 4.66. The van der Waals surface area contributed by atoms with Crippen LogP contribution in [0.15, 0.2) is 42.0 Å². The number of fused-ring (bicyclic) bond motifs is 1. The molecule has 13 heteroatoms. The van der Waals surface area contributed by atoms with E-state index in [9.17, 15) is 29.1 Å². The number of benzene rings is 1. The predicted molar refractivity (Wildman–Crippen MR) is 162 cm³/mol. The Labute approximate surface area is 262 Å². The van der Waals surface area contributed by atoms with E-state index in [0.717, 1.165) is 0 Å². The summed E-state index contributed by atoms with van der Waals surface area (Å²) in [6.45, 7) is 4.89. The van der Waals surface area contributed by atoms with Gasteiger partial charge in [-0.25, -0.2) is 4.79 Å². The van der Waals surface area contributed by atoms with E-state index in [1.807, 2.05) is 0 Å². The van der Waals surface area contributed by atoms with Gasteiger partial charge in [0.1, 0.15) is 30.7 Å². The Bertz CT molecular complexity index is 1300. The fraction of sp³-hybridized carbons (Fsp3) is 0.531. The first kappa shape index (κ1) is 35.4. The molecule has 3 amide bonds. The highest BCUT2D eigenvalue weighted by molar-refractivity contribution is 5.97. The summed E-state index contributed by atoms with van der Waals surface area (Å²) in [7, 11) is 3.24. The van der Waals surface area contributed by atoms with E-state index < -0.39 is 53.7 Å². The molecule has 1 fully saturated rings. The number of ether oxygens (including phenoxy) is 4.